The van der Waals surface area contributed by atoms with Gasteiger partial charge in [-0.3, -0.25) is 0 Å². The smallest absolute Gasteiger partial charge is 0.410 e. The lowest BCUT2D eigenvalue weighted by Gasteiger charge is -2.34. The fourth-order valence-corrected chi connectivity index (χ4v) is 2.09. The predicted octanol–water partition coefficient (Wildman–Crippen LogP) is 3.08. The molecular formula is C16H32BrNO5. The lowest BCUT2D eigenvalue weighted by atomic mass is 10.1. The molecule has 1 amide bonds. The molecule has 0 spiro atoms. The first-order chi connectivity index (χ1) is 10.7. The summed E-state index contributed by atoms with van der Waals surface area (Å²) in [4.78, 5) is 13.9. The number of carbonyl (C=O) groups is 1. The number of halogens is 1. The van der Waals surface area contributed by atoms with E-state index in [1.807, 2.05) is 34.6 Å². The van der Waals surface area contributed by atoms with E-state index in [0.717, 1.165) is 0 Å². The minimum Gasteiger partial charge on any atom is -0.444 e. The second-order valence-electron chi connectivity index (χ2n) is 6.53. The van der Waals surface area contributed by atoms with Gasteiger partial charge in [-0.2, -0.15) is 0 Å². The molecule has 0 aliphatic carbocycles. The number of hydrogen-bond donors (Lipinski definition) is 0. The third-order valence-corrected chi connectivity index (χ3v) is 4.14. The average Bonchev–Trinajstić information content (AvgIpc) is 2.46. The minimum atomic E-state index is -0.509. The first-order valence-corrected chi connectivity index (χ1v) is 9.04. The summed E-state index contributed by atoms with van der Waals surface area (Å²) >= 11 is 3.47. The van der Waals surface area contributed by atoms with Crippen molar-refractivity contribution in [3.8, 4) is 0 Å². The van der Waals surface area contributed by atoms with E-state index in [4.69, 9.17) is 18.9 Å². The van der Waals surface area contributed by atoms with Crippen LogP contribution in [0.3, 0.4) is 0 Å². The molecule has 1 unspecified atom stereocenters. The van der Waals surface area contributed by atoms with Crippen molar-refractivity contribution in [2.24, 2.45) is 0 Å². The molecule has 7 heteroatoms. The normalized spacial score (nSPS) is 14.4. The Morgan fingerprint density at radius 3 is 2.17 bits per heavy atom. The Morgan fingerprint density at radius 2 is 1.70 bits per heavy atom. The highest BCUT2D eigenvalue weighted by atomic mass is 79.9. The maximum absolute atomic E-state index is 12.2. The maximum atomic E-state index is 12.2. The van der Waals surface area contributed by atoms with Crippen molar-refractivity contribution in [2.45, 2.75) is 45.8 Å². The van der Waals surface area contributed by atoms with E-state index in [1.54, 1.807) is 12.0 Å². The van der Waals surface area contributed by atoms with Crippen LogP contribution in [0.1, 0.15) is 34.6 Å². The van der Waals surface area contributed by atoms with Gasteiger partial charge in [0.25, 0.3) is 0 Å². The Bertz CT molecular complexity index is 335. The van der Waals surface area contributed by atoms with Gasteiger partial charge in [-0.15, -0.1) is 0 Å². The molecule has 0 radical (unpaired) electrons. The van der Waals surface area contributed by atoms with Gasteiger partial charge in [-0.1, -0.05) is 15.9 Å². The second kappa shape index (κ2) is 11.2. The lowest BCUT2D eigenvalue weighted by Crippen LogP contribution is -2.48. The van der Waals surface area contributed by atoms with Crippen LogP contribution in [0.15, 0.2) is 0 Å². The monoisotopic (exact) mass is 397 g/mol. The van der Waals surface area contributed by atoms with Crippen molar-refractivity contribution in [3.05, 3.63) is 0 Å². The van der Waals surface area contributed by atoms with E-state index in [9.17, 15) is 4.79 Å². The van der Waals surface area contributed by atoms with Crippen molar-refractivity contribution < 1.29 is 23.7 Å². The molecule has 0 aromatic rings. The zero-order valence-electron chi connectivity index (χ0n) is 15.3. The highest BCUT2D eigenvalue weighted by Crippen LogP contribution is 2.18. The number of alkyl halides is 1. The summed E-state index contributed by atoms with van der Waals surface area (Å²) in [6.07, 6.45) is -0.327. The number of hydrogen-bond acceptors (Lipinski definition) is 5. The van der Waals surface area contributed by atoms with Gasteiger partial charge in [0.1, 0.15) is 5.60 Å². The van der Waals surface area contributed by atoms with E-state index in [1.165, 1.54) is 0 Å². The van der Waals surface area contributed by atoms with E-state index in [0.29, 0.717) is 44.8 Å². The first kappa shape index (κ1) is 22.6. The van der Waals surface area contributed by atoms with E-state index in [2.05, 4.69) is 15.9 Å². The van der Waals surface area contributed by atoms with E-state index >= 15 is 0 Å². The highest BCUT2D eigenvalue weighted by molar-refractivity contribution is 9.09. The summed E-state index contributed by atoms with van der Waals surface area (Å²) in [6.45, 7) is 12.5. The van der Waals surface area contributed by atoms with Crippen LogP contribution >= 0.6 is 15.9 Å². The molecule has 0 aromatic carbocycles. The molecule has 0 N–H and O–H groups in total. The summed E-state index contributed by atoms with van der Waals surface area (Å²) in [5.41, 5.74) is -1.01. The number of nitrogens with zero attached hydrogens (tertiary/aromatic N) is 1. The van der Waals surface area contributed by atoms with E-state index in [-0.39, 0.29) is 6.09 Å². The Morgan fingerprint density at radius 1 is 1.09 bits per heavy atom. The zero-order valence-corrected chi connectivity index (χ0v) is 16.9. The molecule has 1 atom stereocenters. The molecule has 23 heavy (non-hydrogen) atoms. The van der Waals surface area contributed by atoms with Crippen molar-refractivity contribution in [1.29, 1.82) is 0 Å². The summed E-state index contributed by atoms with van der Waals surface area (Å²) in [6, 6.07) is 0. The molecular weight excluding hydrogens is 366 g/mol. The summed E-state index contributed by atoms with van der Waals surface area (Å²) in [5.74, 6) is 0. The fraction of sp³-hybridized carbons (Fsp3) is 0.938. The van der Waals surface area contributed by atoms with Crippen LogP contribution in [0.25, 0.3) is 0 Å². The summed E-state index contributed by atoms with van der Waals surface area (Å²) in [7, 11) is 1.64. The summed E-state index contributed by atoms with van der Waals surface area (Å²) < 4.78 is 21.6. The predicted molar refractivity (Wildman–Crippen MR) is 94.3 cm³/mol. The van der Waals surface area contributed by atoms with Gasteiger partial charge in [-0.25, -0.2) is 4.79 Å². The van der Waals surface area contributed by atoms with Crippen LogP contribution in [0.5, 0.6) is 0 Å². The quantitative estimate of drug-likeness (QED) is 0.396. The molecule has 0 aliphatic heterocycles. The maximum Gasteiger partial charge on any atom is 0.410 e. The van der Waals surface area contributed by atoms with Crippen molar-refractivity contribution in [2.75, 3.05) is 52.0 Å². The number of amides is 1. The molecule has 0 aliphatic rings. The van der Waals surface area contributed by atoms with E-state index < -0.39 is 11.2 Å². The molecule has 0 heterocycles. The Hall–Kier alpha value is -0.370. The van der Waals surface area contributed by atoms with Gasteiger partial charge in [0.05, 0.1) is 38.6 Å². The molecule has 0 aromatic heterocycles. The number of rotatable bonds is 11. The first-order valence-electron chi connectivity index (χ1n) is 7.92. The molecule has 6 nitrogen and oxygen atoms in total. The van der Waals surface area contributed by atoms with Gasteiger partial charge in [0, 0.05) is 19.0 Å². The van der Waals surface area contributed by atoms with Crippen LogP contribution in [-0.2, 0) is 18.9 Å². The number of carbonyl (C=O) groups excluding carboxylic acids is 1. The highest BCUT2D eigenvalue weighted by Gasteiger charge is 2.30. The van der Waals surface area contributed by atoms with Crippen LogP contribution < -0.4 is 0 Å². The van der Waals surface area contributed by atoms with Gasteiger partial charge >= 0.3 is 6.09 Å². The van der Waals surface area contributed by atoms with Crippen LogP contribution in [0, 0.1) is 0 Å². The van der Waals surface area contributed by atoms with Crippen molar-refractivity contribution in [3.63, 3.8) is 0 Å². The number of likely N-dealkylation sites (N-methyl/N-ethyl adjacent to an activating group) is 1. The molecule has 0 saturated heterocycles. The van der Waals surface area contributed by atoms with Crippen molar-refractivity contribution in [1.82, 2.24) is 4.90 Å². The SMILES string of the molecule is CCN(CC(C)(CBr)OCCOCCOC)C(=O)OC(C)(C)C. The molecule has 0 bridgehead atoms. The van der Waals surface area contributed by atoms with Crippen molar-refractivity contribution >= 4 is 22.0 Å². The Balaban J connectivity index is 4.41. The molecule has 138 valence electrons. The minimum absolute atomic E-state index is 0.327. The van der Waals surface area contributed by atoms with Gasteiger partial charge in [-0.05, 0) is 34.6 Å². The largest absolute Gasteiger partial charge is 0.444 e. The Kier molecular flexibility index (Phi) is 11.1. The standard InChI is InChI=1S/C16H32BrNO5/c1-7-18(14(19)23-15(2,3)4)13-16(5,12-17)22-11-10-21-9-8-20-6/h7-13H2,1-6H3. The fourth-order valence-electron chi connectivity index (χ4n) is 1.75. The Labute approximate surface area is 148 Å². The second-order valence-corrected chi connectivity index (χ2v) is 7.09. The molecule has 0 rings (SSSR count). The third kappa shape index (κ3) is 10.9. The van der Waals surface area contributed by atoms with Crippen LogP contribution in [-0.4, -0.2) is 74.2 Å². The van der Waals surface area contributed by atoms with Crippen LogP contribution in [0.4, 0.5) is 4.79 Å². The average molecular weight is 398 g/mol. The molecule has 0 fully saturated rings. The third-order valence-electron chi connectivity index (χ3n) is 2.95. The van der Waals surface area contributed by atoms with Crippen LogP contribution in [0.2, 0.25) is 0 Å². The van der Waals surface area contributed by atoms with Gasteiger partial charge in [0.2, 0.25) is 0 Å². The number of methoxy groups -OCH3 is 1. The topological polar surface area (TPSA) is 57.2 Å². The lowest BCUT2D eigenvalue weighted by molar-refractivity contribution is -0.0638. The van der Waals surface area contributed by atoms with Gasteiger partial charge in [0.15, 0.2) is 0 Å². The van der Waals surface area contributed by atoms with Gasteiger partial charge < -0.3 is 23.8 Å². The summed E-state index contributed by atoms with van der Waals surface area (Å²) in [5, 5.41) is 0.609. The number of ether oxygens (including phenoxy) is 4. The molecule has 0 saturated carbocycles. The zero-order chi connectivity index (χ0) is 17.9.